The molecule has 0 aromatic heterocycles. The van der Waals surface area contributed by atoms with Gasteiger partial charge in [-0.2, -0.15) is 0 Å². The van der Waals surface area contributed by atoms with Gasteiger partial charge in [-0.25, -0.2) is 0 Å². The van der Waals surface area contributed by atoms with E-state index in [0.29, 0.717) is 0 Å². The molecule has 0 spiro atoms. The van der Waals surface area contributed by atoms with E-state index in [0.717, 1.165) is 6.92 Å². The number of aliphatic carboxylic acids is 1. The number of carboxylic acids is 1. The monoisotopic (exact) mass is 419 g/mol. The van der Waals surface area contributed by atoms with Crippen LogP contribution in [0.5, 0.6) is 0 Å². The molecule has 174 valence electrons. The highest BCUT2D eigenvalue weighted by atomic mass is 16.4. The lowest BCUT2D eigenvalue weighted by Crippen LogP contribution is -3.05. The fourth-order valence-electron chi connectivity index (χ4n) is 3.75. The summed E-state index contributed by atoms with van der Waals surface area (Å²) in [5.41, 5.74) is 1.50. The molecule has 0 radical (unpaired) electrons. The van der Waals surface area contributed by atoms with Crippen LogP contribution in [0.4, 0.5) is 0 Å². The fourth-order valence-corrected chi connectivity index (χ4v) is 3.75. The van der Waals surface area contributed by atoms with E-state index < -0.39 is 5.97 Å². The number of hydrogen-bond acceptors (Lipinski definition) is 2. The molecule has 1 rings (SSSR count). The Morgan fingerprint density at radius 3 is 1.37 bits per heavy atom. The Hall–Kier alpha value is -1.35. The summed E-state index contributed by atoms with van der Waals surface area (Å²) >= 11 is 0. The van der Waals surface area contributed by atoms with Gasteiger partial charge in [0.2, 0.25) is 0 Å². The second kappa shape index (κ2) is 22.3. The molecule has 0 saturated heterocycles. The first-order valence-corrected chi connectivity index (χ1v) is 12.5. The van der Waals surface area contributed by atoms with Crippen molar-refractivity contribution in [2.75, 3.05) is 20.6 Å². The smallest absolute Gasteiger partial charge is 0.0766 e. The van der Waals surface area contributed by atoms with Crippen molar-refractivity contribution < 1.29 is 14.8 Å². The van der Waals surface area contributed by atoms with Crippen LogP contribution in [0, 0.1) is 0 Å². The molecule has 3 heteroatoms. The molecule has 0 saturated carbocycles. The molecule has 1 aromatic rings. The zero-order valence-electron chi connectivity index (χ0n) is 20.2. The van der Waals surface area contributed by atoms with E-state index in [1.807, 2.05) is 0 Å². The maximum Gasteiger partial charge on any atom is 0.0766 e. The molecule has 1 aromatic carbocycles. The number of aryl methyl sites for hydroxylation is 1. The summed E-state index contributed by atoms with van der Waals surface area (Å²) in [6, 6.07) is 10.9. The third-order valence-corrected chi connectivity index (χ3v) is 5.49. The number of benzene rings is 1. The van der Waals surface area contributed by atoms with Gasteiger partial charge in [0.25, 0.3) is 0 Å². The van der Waals surface area contributed by atoms with Gasteiger partial charge in [0.05, 0.1) is 20.6 Å². The van der Waals surface area contributed by atoms with Gasteiger partial charge in [0.1, 0.15) is 0 Å². The minimum absolute atomic E-state index is 0.972. The lowest BCUT2D eigenvalue weighted by molar-refractivity contribution is -0.858. The molecule has 0 amide bonds. The molecule has 1 N–H and O–H groups in total. The number of unbranched alkanes of at least 4 members (excludes halogenated alkanes) is 14. The zero-order valence-corrected chi connectivity index (χ0v) is 20.2. The van der Waals surface area contributed by atoms with Crippen LogP contribution in [0.1, 0.15) is 109 Å². The highest BCUT2D eigenvalue weighted by molar-refractivity contribution is 5.60. The highest BCUT2D eigenvalue weighted by Crippen LogP contribution is 2.14. The van der Waals surface area contributed by atoms with Crippen molar-refractivity contribution in [3.8, 4) is 0 Å². The van der Waals surface area contributed by atoms with E-state index in [9.17, 15) is 0 Å². The SMILES string of the molecule is CC(=O)[O-].C[NH+](C)CCCCCCCCCCCCCCCCCc1ccccc1. The van der Waals surface area contributed by atoms with Crippen molar-refractivity contribution in [1.82, 2.24) is 0 Å². The van der Waals surface area contributed by atoms with Crippen molar-refractivity contribution in [2.45, 2.75) is 110 Å². The Balaban J connectivity index is 0.00000192. The summed E-state index contributed by atoms with van der Waals surface area (Å²) in [4.78, 5) is 10.5. The first-order chi connectivity index (χ1) is 14.5. The first kappa shape index (κ1) is 28.6. The van der Waals surface area contributed by atoms with Crippen LogP contribution in [0.3, 0.4) is 0 Å². The van der Waals surface area contributed by atoms with E-state index >= 15 is 0 Å². The maximum atomic E-state index is 8.89. The highest BCUT2D eigenvalue weighted by Gasteiger charge is 1.96. The van der Waals surface area contributed by atoms with Gasteiger partial charge in [-0.05, 0) is 38.2 Å². The van der Waals surface area contributed by atoms with E-state index in [4.69, 9.17) is 9.90 Å². The number of rotatable bonds is 18. The van der Waals surface area contributed by atoms with Crippen LogP contribution in [0.15, 0.2) is 30.3 Å². The van der Waals surface area contributed by atoms with Crippen LogP contribution >= 0.6 is 0 Å². The van der Waals surface area contributed by atoms with Crippen LogP contribution in [0.2, 0.25) is 0 Å². The minimum atomic E-state index is -1.08. The summed E-state index contributed by atoms with van der Waals surface area (Å²) in [7, 11) is 4.51. The predicted molar refractivity (Wildman–Crippen MR) is 128 cm³/mol. The standard InChI is InChI=1S/C25H45N.C2H4O2/c1-26(2)24-20-15-13-11-9-7-5-3-4-6-8-10-12-14-17-21-25-22-18-16-19-23-25;1-2(3)4/h16,18-19,22-23H,3-15,17,20-21,24H2,1-2H3;1H3,(H,3,4). The molecular formula is C27H49NO2. The third-order valence-electron chi connectivity index (χ3n) is 5.49. The summed E-state index contributed by atoms with van der Waals surface area (Å²) in [6.07, 6.45) is 23.0. The average Bonchev–Trinajstić information content (AvgIpc) is 2.70. The number of carbonyl (C=O) groups excluding carboxylic acids is 1. The molecule has 3 nitrogen and oxygen atoms in total. The topological polar surface area (TPSA) is 44.6 Å². The number of carboxylic acid groups (broad SMARTS) is 1. The van der Waals surface area contributed by atoms with Crippen molar-refractivity contribution in [3.63, 3.8) is 0 Å². The second-order valence-electron chi connectivity index (χ2n) is 8.99. The molecule has 0 aliphatic rings. The van der Waals surface area contributed by atoms with Gasteiger partial charge < -0.3 is 14.8 Å². The summed E-state index contributed by atoms with van der Waals surface area (Å²) in [5.74, 6) is -1.08. The molecular weight excluding hydrogens is 370 g/mol. The van der Waals surface area contributed by atoms with Crippen LogP contribution in [0.25, 0.3) is 0 Å². The van der Waals surface area contributed by atoms with Crippen molar-refractivity contribution in [2.24, 2.45) is 0 Å². The summed E-state index contributed by atoms with van der Waals surface area (Å²) < 4.78 is 0. The van der Waals surface area contributed by atoms with Gasteiger partial charge in [0, 0.05) is 5.97 Å². The quantitative estimate of drug-likeness (QED) is 0.341. The van der Waals surface area contributed by atoms with Crippen molar-refractivity contribution in [1.29, 1.82) is 0 Å². The Bertz CT molecular complexity index is 469. The van der Waals surface area contributed by atoms with E-state index in [1.165, 1.54) is 115 Å². The van der Waals surface area contributed by atoms with Gasteiger partial charge in [-0.3, -0.25) is 0 Å². The van der Waals surface area contributed by atoms with E-state index in [-0.39, 0.29) is 0 Å². The molecule has 0 unspecified atom stereocenters. The van der Waals surface area contributed by atoms with E-state index in [2.05, 4.69) is 44.4 Å². The van der Waals surface area contributed by atoms with E-state index in [1.54, 1.807) is 4.90 Å². The Labute approximate surface area is 187 Å². The molecule has 0 fully saturated rings. The Morgan fingerprint density at radius 1 is 0.667 bits per heavy atom. The average molecular weight is 420 g/mol. The molecule has 0 atom stereocenters. The minimum Gasteiger partial charge on any atom is -0.550 e. The Kier molecular flexibility index (Phi) is 21.3. The Morgan fingerprint density at radius 2 is 1.00 bits per heavy atom. The second-order valence-corrected chi connectivity index (χ2v) is 8.99. The predicted octanol–water partition coefficient (Wildman–Crippen LogP) is 4.98. The number of carbonyl (C=O) groups is 1. The molecule has 30 heavy (non-hydrogen) atoms. The largest absolute Gasteiger partial charge is 0.550 e. The molecule has 0 aliphatic carbocycles. The van der Waals surface area contributed by atoms with Crippen molar-refractivity contribution >= 4 is 5.97 Å². The van der Waals surface area contributed by atoms with Crippen molar-refractivity contribution in [3.05, 3.63) is 35.9 Å². The molecule has 0 heterocycles. The zero-order chi connectivity index (χ0) is 22.3. The first-order valence-electron chi connectivity index (χ1n) is 12.5. The lowest BCUT2D eigenvalue weighted by Gasteiger charge is -2.06. The summed E-state index contributed by atoms with van der Waals surface area (Å²) in [6.45, 7) is 2.31. The van der Waals surface area contributed by atoms with Crippen LogP contribution in [-0.2, 0) is 11.2 Å². The normalized spacial score (nSPS) is 10.7. The van der Waals surface area contributed by atoms with Gasteiger partial charge >= 0.3 is 0 Å². The summed E-state index contributed by atoms with van der Waals surface area (Å²) in [5, 5.41) is 8.89. The van der Waals surface area contributed by atoms with Crippen LogP contribution in [-0.4, -0.2) is 26.6 Å². The number of hydrogen-bond donors (Lipinski definition) is 1. The van der Waals surface area contributed by atoms with Gasteiger partial charge in [-0.1, -0.05) is 107 Å². The van der Waals surface area contributed by atoms with Gasteiger partial charge in [-0.15, -0.1) is 0 Å². The van der Waals surface area contributed by atoms with Crippen LogP contribution < -0.4 is 10.0 Å². The lowest BCUT2D eigenvalue weighted by atomic mass is 10.0. The molecule has 0 bridgehead atoms. The maximum absolute atomic E-state index is 8.89. The third kappa shape index (κ3) is 24.7. The van der Waals surface area contributed by atoms with Gasteiger partial charge in [0.15, 0.2) is 0 Å². The fraction of sp³-hybridized carbons (Fsp3) is 0.741. The number of quaternary nitrogens is 1. The molecule has 0 aliphatic heterocycles. The number of nitrogens with one attached hydrogen (secondary N) is 1.